The van der Waals surface area contributed by atoms with Gasteiger partial charge in [0, 0.05) is 11.3 Å². The van der Waals surface area contributed by atoms with Crippen LogP contribution in [0.3, 0.4) is 0 Å². The molecule has 2 aliphatic rings. The van der Waals surface area contributed by atoms with Gasteiger partial charge in [0.15, 0.2) is 0 Å². The van der Waals surface area contributed by atoms with Crippen molar-refractivity contribution in [2.75, 3.05) is 0 Å². The molecule has 1 nitrogen and oxygen atoms in total. The summed E-state index contributed by atoms with van der Waals surface area (Å²) in [6, 6.07) is 0. The third-order valence-corrected chi connectivity index (χ3v) is 5.96. The first kappa shape index (κ1) is 16.0. The Hall–Kier alpha value is -0.330. The highest BCUT2D eigenvalue weighted by Gasteiger charge is 2.40. The van der Waals surface area contributed by atoms with E-state index in [0.717, 1.165) is 31.1 Å². The monoisotopic (exact) mass is 278 g/mol. The molecule has 2 unspecified atom stereocenters. The quantitative estimate of drug-likeness (QED) is 0.652. The largest absolute Gasteiger partial charge is 0.299 e. The van der Waals surface area contributed by atoms with Gasteiger partial charge in [0.25, 0.3) is 0 Å². The van der Waals surface area contributed by atoms with Gasteiger partial charge in [-0.3, -0.25) is 4.79 Å². The van der Waals surface area contributed by atoms with Gasteiger partial charge in [-0.05, 0) is 49.4 Å². The molecule has 0 N–H and O–H groups in total. The molecule has 2 rings (SSSR count). The summed E-state index contributed by atoms with van der Waals surface area (Å²) >= 11 is 0. The number of carbonyl (C=O) groups is 1. The molecule has 0 aromatic carbocycles. The second-order valence-electron chi connectivity index (χ2n) is 9.18. The fourth-order valence-electron chi connectivity index (χ4n) is 4.61. The molecule has 0 saturated heterocycles. The standard InChI is InChI=1S/C19H34O/c1-18(2,3)16-11-10-14(12-16)13-19(4,5)17(20)15-8-6-7-9-15/h14-16H,6-13H2,1-5H3. The fraction of sp³-hybridized carbons (Fsp3) is 0.947. The van der Waals surface area contributed by atoms with Crippen molar-refractivity contribution in [2.24, 2.45) is 28.6 Å². The Morgan fingerprint density at radius 1 is 0.950 bits per heavy atom. The maximum absolute atomic E-state index is 12.7. The van der Waals surface area contributed by atoms with E-state index in [0.29, 0.717) is 17.1 Å². The molecule has 20 heavy (non-hydrogen) atoms. The minimum atomic E-state index is -0.0908. The Labute approximate surface area is 125 Å². The van der Waals surface area contributed by atoms with Gasteiger partial charge in [-0.15, -0.1) is 0 Å². The molecule has 2 saturated carbocycles. The van der Waals surface area contributed by atoms with E-state index in [9.17, 15) is 4.79 Å². The molecule has 0 aromatic rings. The third-order valence-electron chi connectivity index (χ3n) is 5.96. The zero-order valence-corrected chi connectivity index (χ0v) is 14.3. The summed E-state index contributed by atoms with van der Waals surface area (Å²) < 4.78 is 0. The SMILES string of the molecule is CC(C)(CC1CCC(C(C)(C)C)C1)C(=O)C1CCCC1. The van der Waals surface area contributed by atoms with Crippen molar-refractivity contribution in [2.45, 2.75) is 86.0 Å². The summed E-state index contributed by atoms with van der Waals surface area (Å²) in [5, 5.41) is 0. The van der Waals surface area contributed by atoms with Crippen LogP contribution in [-0.4, -0.2) is 5.78 Å². The van der Waals surface area contributed by atoms with E-state index in [4.69, 9.17) is 0 Å². The molecule has 0 aromatic heterocycles. The van der Waals surface area contributed by atoms with E-state index in [1.807, 2.05) is 0 Å². The van der Waals surface area contributed by atoms with Gasteiger partial charge in [0.2, 0.25) is 0 Å². The van der Waals surface area contributed by atoms with Gasteiger partial charge in [-0.2, -0.15) is 0 Å². The van der Waals surface area contributed by atoms with Crippen LogP contribution >= 0.6 is 0 Å². The minimum absolute atomic E-state index is 0.0908. The predicted octanol–water partition coefficient (Wildman–Crippen LogP) is 5.62. The summed E-state index contributed by atoms with van der Waals surface area (Å²) in [7, 11) is 0. The molecule has 116 valence electrons. The predicted molar refractivity (Wildman–Crippen MR) is 85.6 cm³/mol. The molecule has 0 spiro atoms. The summed E-state index contributed by atoms with van der Waals surface area (Å²) in [5.41, 5.74) is 0.348. The summed E-state index contributed by atoms with van der Waals surface area (Å²) in [5.74, 6) is 2.57. The molecule has 2 aliphatic carbocycles. The van der Waals surface area contributed by atoms with Crippen molar-refractivity contribution >= 4 is 5.78 Å². The summed E-state index contributed by atoms with van der Waals surface area (Å²) in [6.07, 6.45) is 9.99. The topological polar surface area (TPSA) is 17.1 Å². The van der Waals surface area contributed by atoms with E-state index in [1.165, 1.54) is 32.1 Å². The lowest BCUT2D eigenvalue weighted by molar-refractivity contribution is -0.132. The molecule has 2 atom stereocenters. The van der Waals surface area contributed by atoms with Crippen LogP contribution in [0.2, 0.25) is 0 Å². The van der Waals surface area contributed by atoms with Gasteiger partial charge in [-0.1, -0.05) is 53.9 Å². The number of ketones is 1. The zero-order chi connectivity index (χ0) is 15.0. The van der Waals surface area contributed by atoms with Gasteiger partial charge in [0.05, 0.1) is 0 Å². The van der Waals surface area contributed by atoms with Crippen LogP contribution in [0.4, 0.5) is 0 Å². The van der Waals surface area contributed by atoms with Crippen LogP contribution in [0.25, 0.3) is 0 Å². The second kappa shape index (κ2) is 5.81. The molecular weight excluding hydrogens is 244 g/mol. The number of rotatable bonds is 4. The highest BCUT2D eigenvalue weighted by molar-refractivity contribution is 5.86. The van der Waals surface area contributed by atoms with Gasteiger partial charge in [0.1, 0.15) is 5.78 Å². The Morgan fingerprint density at radius 3 is 2.05 bits per heavy atom. The minimum Gasteiger partial charge on any atom is -0.299 e. The molecule has 0 heterocycles. The Balaban J connectivity index is 1.90. The average Bonchev–Trinajstić information content (AvgIpc) is 2.95. The summed E-state index contributed by atoms with van der Waals surface area (Å²) in [6.45, 7) is 11.5. The molecule has 0 amide bonds. The van der Waals surface area contributed by atoms with E-state index >= 15 is 0 Å². The van der Waals surface area contributed by atoms with Crippen LogP contribution in [0.5, 0.6) is 0 Å². The smallest absolute Gasteiger partial charge is 0.141 e. The normalized spacial score (nSPS) is 29.1. The number of Topliss-reactive ketones (excluding diaryl/α,β-unsaturated/α-hetero) is 1. The van der Waals surface area contributed by atoms with Gasteiger partial charge >= 0.3 is 0 Å². The van der Waals surface area contributed by atoms with Crippen molar-refractivity contribution < 1.29 is 4.79 Å². The van der Waals surface area contributed by atoms with Crippen LogP contribution < -0.4 is 0 Å². The fourth-order valence-corrected chi connectivity index (χ4v) is 4.61. The third kappa shape index (κ3) is 3.65. The number of carbonyl (C=O) groups excluding carboxylic acids is 1. The van der Waals surface area contributed by atoms with Crippen molar-refractivity contribution in [1.82, 2.24) is 0 Å². The molecule has 1 heteroatoms. The van der Waals surface area contributed by atoms with Crippen LogP contribution in [0.1, 0.15) is 86.0 Å². The first-order valence-electron chi connectivity index (χ1n) is 8.74. The molecule has 0 bridgehead atoms. The summed E-state index contributed by atoms with van der Waals surface area (Å²) in [4.78, 5) is 12.7. The van der Waals surface area contributed by atoms with Crippen molar-refractivity contribution in [3.8, 4) is 0 Å². The highest BCUT2D eigenvalue weighted by atomic mass is 16.1. The Kier molecular flexibility index (Phi) is 4.66. The van der Waals surface area contributed by atoms with Crippen LogP contribution in [-0.2, 0) is 4.79 Å². The molecule has 0 aliphatic heterocycles. The number of hydrogen-bond donors (Lipinski definition) is 0. The van der Waals surface area contributed by atoms with Crippen molar-refractivity contribution in [3.05, 3.63) is 0 Å². The highest BCUT2D eigenvalue weighted by Crippen LogP contribution is 2.46. The van der Waals surface area contributed by atoms with Crippen molar-refractivity contribution in [3.63, 3.8) is 0 Å². The second-order valence-corrected chi connectivity index (χ2v) is 9.18. The molecule has 2 fully saturated rings. The molecular formula is C19H34O. The van der Waals surface area contributed by atoms with E-state index in [1.54, 1.807) is 0 Å². The van der Waals surface area contributed by atoms with Crippen LogP contribution in [0.15, 0.2) is 0 Å². The average molecular weight is 278 g/mol. The lowest BCUT2D eigenvalue weighted by atomic mass is 9.73. The van der Waals surface area contributed by atoms with Crippen LogP contribution in [0, 0.1) is 28.6 Å². The maximum Gasteiger partial charge on any atom is 0.141 e. The lowest BCUT2D eigenvalue weighted by Crippen LogP contribution is -2.31. The Bertz CT molecular complexity index is 341. The maximum atomic E-state index is 12.7. The van der Waals surface area contributed by atoms with Gasteiger partial charge < -0.3 is 0 Å². The number of hydrogen-bond acceptors (Lipinski definition) is 1. The first-order valence-corrected chi connectivity index (χ1v) is 8.74. The van der Waals surface area contributed by atoms with Crippen molar-refractivity contribution in [1.29, 1.82) is 0 Å². The molecule has 0 radical (unpaired) electrons. The van der Waals surface area contributed by atoms with E-state index in [2.05, 4.69) is 34.6 Å². The zero-order valence-electron chi connectivity index (χ0n) is 14.3. The van der Waals surface area contributed by atoms with Gasteiger partial charge in [-0.25, -0.2) is 0 Å². The Morgan fingerprint density at radius 2 is 1.55 bits per heavy atom. The van der Waals surface area contributed by atoms with E-state index < -0.39 is 0 Å². The van der Waals surface area contributed by atoms with E-state index in [-0.39, 0.29) is 5.41 Å². The lowest BCUT2D eigenvalue weighted by Gasteiger charge is -2.31. The first-order chi connectivity index (χ1) is 9.20.